The van der Waals surface area contributed by atoms with Crippen molar-refractivity contribution in [3.8, 4) is 0 Å². The van der Waals surface area contributed by atoms with Gasteiger partial charge in [0.05, 0.1) is 23.9 Å². The lowest BCUT2D eigenvalue weighted by molar-refractivity contribution is -0.336. The van der Waals surface area contributed by atoms with Crippen molar-refractivity contribution < 1.29 is 34.0 Å². The van der Waals surface area contributed by atoms with Gasteiger partial charge >= 0.3 is 5.97 Å². The number of para-hydroxylation sites is 1. The molecule has 4 N–H and O–H groups in total. The molecule has 7 bridgehead atoms. The minimum Gasteiger partial charge on any atom is -0.454 e. The van der Waals surface area contributed by atoms with Crippen molar-refractivity contribution in [1.29, 1.82) is 0 Å². The number of hydrogen-bond acceptors (Lipinski definition) is 9. The summed E-state index contributed by atoms with van der Waals surface area (Å²) in [5, 5.41) is 25.4. The summed E-state index contributed by atoms with van der Waals surface area (Å²) in [7, 11) is 7.14. The molecule has 9 heteroatoms. The van der Waals surface area contributed by atoms with Crippen LogP contribution in [0.3, 0.4) is 0 Å². The van der Waals surface area contributed by atoms with Crippen LogP contribution in [0.2, 0.25) is 0 Å². The second-order valence-corrected chi connectivity index (χ2v) is 12.9. The summed E-state index contributed by atoms with van der Waals surface area (Å²) in [6, 6.07) is 7.00. The molecule has 5 aliphatic carbocycles. The van der Waals surface area contributed by atoms with E-state index in [0.29, 0.717) is 49.9 Å². The Hall–Kier alpha value is -1.75. The number of ether oxygens (including phenoxy) is 4. The predicted molar refractivity (Wildman–Crippen MR) is 137 cm³/mol. The van der Waals surface area contributed by atoms with Crippen LogP contribution in [0.4, 0.5) is 5.69 Å². The number of aliphatic hydroxyl groups is 2. The van der Waals surface area contributed by atoms with Crippen LogP contribution in [-0.4, -0.2) is 97.2 Å². The molecule has 7 rings (SSSR count). The maximum absolute atomic E-state index is 13.6. The molecule has 38 heavy (non-hydrogen) atoms. The normalized spacial score (nSPS) is 52.2. The zero-order chi connectivity index (χ0) is 26.8. The van der Waals surface area contributed by atoms with Crippen molar-refractivity contribution in [2.24, 2.45) is 29.1 Å². The quantitative estimate of drug-likeness (QED) is 0.385. The molecule has 208 valence electrons. The summed E-state index contributed by atoms with van der Waals surface area (Å²) < 4.78 is 24.8. The van der Waals surface area contributed by atoms with Gasteiger partial charge in [-0.15, -0.1) is 0 Å². The van der Waals surface area contributed by atoms with E-state index in [1.807, 2.05) is 0 Å². The number of nitrogens with zero attached hydrogens (tertiary/aromatic N) is 1. The first-order valence-electron chi connectivity index (χ1n) is 13.9. The van der Waals surface area contributed by atoms with Crippen LogP contribution in [0.5, 0.6) is 0 Å². The van der Waals surface area contributed by atoms with Crippen LogP contribution in [0.25, 0.3) is 0 Å². The standard InChI is InChI=1S/C29H40N2O7/c1-31-14-26(38-25(32)15-7-5-6-8-18(15)30)10-9-22(36-3)28-20(26)12-17(23(28)31)27(33)13-19(35-2)16-11-21(28)29(27,34)24(16)37-4/h5-8,16-17,19-24,33-34H,9-14,30H2,1-4H3/t16-,17?,19+,20?,21?,22+,23-,24+,26-,27+,28+,29+/m1/s1. The van der Waals surface area contributed by atoms with Crippen LogP contribution >= 0.6 is 0 Å². The second-order valence-electron chi connectivity index (χ2n) is 12.9. The maximum atomic E-state index is 13.6. The summed E-state index contributed by atoms with van der Waals surface area (Å²) in [6.07, 6.45) is 2.15. The molecular formula is C29H40N2O7. The molecule has 0 radical (unpaired) electrons. The molecule has 1 heterocycles. The minimum absolute atomic E-state index is 0.0199. The van der Waals surface area contributed by atoms with Gasteiger partial charge in [-0.1, -0.05) is 12.1 Å². The molecule has 1 aromatic carbocycles. The van der Waals surface area contributed by atoms with Crippen molar-refractivity contribution in [2.45, 2.75) is 73.3 Å². The van der Waals surface area contributed by atoms with Crippen molar-refractivity contribution in [3.05, 3.63) is 29.8 Å². The summed E-state index contributed by atoms with van der Waals surface area (Å²) in [5.41, 5.74) is 2.80. The van der Waals surface area contributed by atoms with Gasteiger partial charge < -0.3 is 34.9 Å². The Kier molecular flexibility index (Phi) is 5.26. The summed E-state index contributed by atoms with van der Waals surface area (Å²) in [4.78, 5) is 15.9. The number of piperidine rings is 1. The highest BCUT2D eigenvalue weighted by Gasteiger charge is 2.88. The lowest BCUT2D eigenvalue weighted by Crippen LogP contribution is -2.82. The van der Waals surface area contributed by atoms with Gasteiger partial charge in [0.25, 0.3) is 0 Å². The topological polar surface area (TPSA) is 124 Å². The molecular weight excluding hydrogens is 488 g/mol. The Morgan fingerprint density at radius 1 is 1.08 bits per heavy atom. The zero-order valence-electron chi connectivity index (χ0n) is 22.6. The van der Waals surface area contributed by atoms with E-state index in [9.17, 15) is 15.0 Å². The first-order valence-corrected chi connectivity index (χ1v) is 13.9. The number of esters is 1. The molecule has 1 spiro atoms. The van der Waals surface area contributed by atoms with E-state index in [1.54, 1.807) is 45.6 Å². The number of carbonyl (C=O) groups is 1. The van der Waals surface area contributed by atoms with E-state index < -0.39 is 34.3 Å². The number of hydrogen-bond donors (Lipinski definition) is 3. The Morgan fingerprint density at radius 3 is 2.53 bits per heavy atom. The summed E-state index contributed by atoms with van der Waals surface area (Å²) in [5.74, 6) is -1.07. The highest BCUT2D eigenvalue weighted by atomic mass is 16.6. The number of rotatable bonds is 5. The van der Waals surface area contributed by atoms with Gasteiger partial charge in [-0.25, -0.2) is 4.79 Å². The minimum atomic E-state index is -1.44. The molecule has 1 aliphatic heterocycles. The molecule has 1 aromatic rings. The first kappa shape index (κ1) is 25.2. The second kappa shape index (κ2) is 7.92. The fraction of sp³-hybridized carbons (Fsp3) is 0.759. The lowest BCUT2D eigenvalue weighted by Gasteiger charge is -2.70. The molecule has 12 atom stereocenters. The molecule has 6 fully saturated rings. The average Bonchev–Trinajstić information content (AvgIpc) is 3.33. The van der Waals surface area contributed by atoms with Gasteiger partial charge in [0, 0.05) is 75.1 Å². The Bertz CT molecular complexity index is 1170. The van der Waals surface area contributed by atoms with Crippen LogP contribution < -0.4 is 5.73 Å². The van der Waals surface area contributed by atoms with E-state index >= 15 is 0 Å². The number of anilines is 1. The maximum Gasteiger partial charge on any atom is 0.340 e. The highest BCUT2D eigenvalue weighted by molar-refractivity contribution is 5.95. The molecule has 5 saturated carbocycles. The van der Waals surface area contributed by atoms with Crippen LogP contribution in [0, 0.1) is 29.1 Å². The van der Waals surface area contributed by atoms with Crippen molar-refractivity contribution in [2.75, 3.05) is 40.7 Å². The zero-order valence-corrected chi connectivity index (χ0v) is 22.6. The smallest absolute Gasteiger partial charge is 0.340 e. The Morgan fingerprint density at radius 2 is 1.84 bits per heavy atom. The lowest BCUT2D eigenvalue weighted by atomic mass is 9.44. The summed E-state index contributed by atoms with van der Waals surface area (Å²) in [6.45, 7) is 0.571. The third kappa shape index (κ3) is 2.58. The first-order chi connectivity index (χ1) is 18.1. The number of nitrogens with two attached hydrogens (primary N) is 1. The van der Waals surface area contributed by atoms with E-state index in [0.717, 1.165) is 0 Å². The molecule has 9 nitrogen and oxygen atoms in total. The Balaban J connectivity index is 1.40. The SMILES string of the molecule is CO[C@H]1C[C@]2(O)C3CC4[C@@]5(OC(=O)c6ccccc6N)CC[C@H](OC)[C@]4(C4C[C@H]1[C@H](OC)[C@@]42O)[C@@H]3N(C)C5. The van der Waals surface area contributed by atoms with Gasteiger partial charge in [0.15, 0.2) is 0 Å². The summed E-state index contributed by atoms with van der Waals surface area (Å²) >= 11 is 0. The van der Waals surface area contributed by atoms with Gasteiger partial charge in [0.1, 0.15) is 16.8 Å². The molecule has 3 unspecified atom stereocenters. The molecule has 0 aromatic heterocycles. The number of likely N-dealkylation sites (tertiary alicyclic amines) is 1. The molecule has 6 aliphatic rings. The number of carbonyl (C=O) groups excluding carboxylic acids is 1. The fourth-order valence-electron chi connectivity index (χ4n) is 11.2. The van der Waals surface area contributed by atoms with Crippen molar-refractivity contribution in [3.63, 3.8) is 0 Å². The highest BCUT2D eigenvalue weighted by Crippen LogP contribution is 2.79. The monoisotopic (exact) mass is 528 g/mol. The van der Waals surface area contributed by atoms with Crippen LogP contribution in [-0.2, 0) is 18.9 Å². The van der Waals surface area contributed by atoms with Gasteiger partial charge in [0.2, 0.25) is 0 Å². The predicted octanol–water partition coefficient (Wildman–Crippen LogP) is 1.46. The van der Waals surface area contributed by atoms with E-state index in [4.69, 9.17) is 24.7 Å². The number of benzene rings is 1. The van der Waals surface area contributed by atoms with Crippen LogP contribution in [0.15, 0.2) is 24.3 Å². The third-order valence-electron chi connectivity index (χ3n) is 12.1. The fourth-order valence-corrected chi connectivity index (χ4v) is 11.2. The van der Waals surface area contributed by atoms with Crippen molar-refractivity contribution >= 4 is 11.7 Å². The van der Waals surface area contributed by atoms with E-state index in [-0.39, 0.29) is 41.9 Å². The number of fused-ring (bicyclic) bond motifs is 2. The molecule has 1 saturated heterocycles. The van der Waals surface area contributed by atoms with Crippen LogP contribution in [0.1, 0.15) is 42.5 Å². The van der Waals surface area contributed by atoms with Crippen molar-refractivity contribution in [1.82, 2.24) is 4.90 Å². The van der Waals surface area contributed by atoms with E-state index in [2.05, 4.69) is 11.9 Å². The number of methoxy groups -OCH3 is 3. The van der Waals surface area contributed by atoms with Gasteiger partial charge in [-0.05, 0) is 44.9 Å². The average molecular weight is 529 g/mol. The van der Waals surface area contributed by atoms with Gasteiger partial charge in [-0.3, -0.25) is 4.90 Å². The number of likely N-dealkylation sites (N-methyl/N-ethyl adjacent to an activating group) is 1. The van der Waals surface area contributed by atoms with E-state index in [1.165, 1.54) is 0 Å². The Labute approximate surface area is 223 Å². The molecule has 0 amide bonds. The number of nitrogen functional groups attached to an aromatic ring is 1. The third-order valence-corrected chi connectivity index (χ3v) is 12.1. The largest absolute Gasteiger partial charge is 0.454 e. The van der Waals surface area contributed by atoms with Gasteiger partial charge in [-0.2, -0.15) is 0 Å².